The highest BCUT2D eigenvalue weighted by Gasteiger charge is 2.71. The fraction of sp³-hybridized carbons (Fsp3) is 0.606. The molecule has 8 atom stereocenters. The van der Waals surface area contributed by atoms with Gasteiger partial charge in [0, 0.05) is 56.3 Å². The molecule has 3 unspecified atom stereocenters. The van der Waals surface area contributed by atoms with Crippen LogP contribution >= 0.6 is 0 Å². The van der Waals surface area contributed by atoms with Gasteiger partial charge in [0.05, 0.1) is 6.10 Å². The van der Waals surface area contributed by atoms with E-state index in [-0.39, 0.29) is 36.9 Å². The third-order valence-electron chi connectivity index (χ3n) is 10.1. The Kier molecular flexibility index (Phi) is 9.31. The molecule has 0 saturated heterocycles. The number of fused-ring (bicyclic) bond motifs is 4. The Balaban J connectivity index is 1.64. The summed E-state index contributed by atoms with van der Waals surface area (Å²) in [6.45, 7) is 7.61. The smallest absolute Gasteiger partial charge is 0.345 e. The number of carbonyl (C=O) groups excluding carboxylic acids is 3. The van der Waals surface area contributed by atoms with Crippen molar-refractivity contribution in [2.45, 2.75) is 77.8 Å². The normalized spacial score (nSPS) is 33.0. The second-order valence-corrected chi connectivity index (χ2v) is 13.1. The van der Waals surface area contributed by atoms with Gasteiger partial charge in [0.2, 0.25) is 0 Å². The lowest BCUT2D eigenvalue weighted by molar-refractivity contribution is -0.272. The van der Waals surface area contributed by atoms with Crippen LogP contribution in [-0.2, 0) is 38.1 Å². The van der Waals surface area contributed by atoms with Gasteiger partial charge in [-0.1, -0.05) is 13.8 Å². The van der Waals surface area contributed by atoms with Gasteiger partial charge in [-0.3, -0.25) is 14.6 Å². The monoisotopic (exact) mass is 643 g/mol. The second-order valence-electron chi connectivity index (χ2n) is 13.1. The first-order valence-electron chi connectivity index (χ1n) is 15.3. The van der Waals surface area contributed by atoms with Gasteiger partial charge < -0.3 is 37.9 Å². The van der Waals surface area contributed by atoms with Gasteiger partial charge in [0.1, 0.15) is 54.9 Å². The highest BCUT2D eigenvalue weighted by molar-refractivity contribution is 5.71. The average molecular weight is 644 g/mol. The first-order chi connectivity index (χ1) is 21.7. The fourth-order valence-electron chi connectivity index (χ4n) is 8.24. The van der Waals surface area contributed by atoms with Crippen molar-refractivity contribution < 1.29 is 52.3 Å². The number of esters is 3. The van der Waals surface area contributed by atoms with E-state index in [0.29, 0.717) is 18.4 Å². The van der Waals surface area contributed by atoms with E-state index in [1.54, 1.807) is 25.3 Å². The Labute approximate surface area is 266 Å². The molecule has 5 rings (SSSR count). The Bertz CT molecular complexity index is 1530. The number of aliphatic hydroxyl groups excluding tert-OH is 1. The molecule has 3 aliphatic rings. The van der Waals surface area contributed by atoms with Crippen LogP contribution < -0.4 is 10.4 Å². The van der Waals surface area contributed by atoms with Crippen molar-refractivity contribution in [1.82, 2.24) is 4.98 Å². The van der Waals surface area contributed by atoms with Crippen molar-refractivity contribution in [1.29, 1.82) is 0 Å². The quantitative estimate of drug-likeness (QED) is 0.183. The number of ether oxygens (including phenoxy) is 6. The molecule has 13 heteroatoms. The number of aromatic nitrogens is 1. The van der Waals surface area contributed by atoms with Crippen molar-refractivity contribution in [2.24, 2.45) is 22.7 Å². The lowest BCUT2D eigenvalue weighted by atomic mass is 9.42. The fourth-order valence-corrected chi connectivity index (χ4v) is 8.24. The van der Waals surface area contributed by atoms with E-state index in [1.807, 2.05) is 13.8 Å². The molecule has 2 aliphatic carbocycles. The third-order valence-corrected chi connectivity index (χ3v) is 10.1. The maximum Gasteiger partial charge on any atom is 0.345 e. The summed E-state index contributed by atoms with van der Waals surface area (Å²) in [6, 6.07) is 4.96. The van der Waals surface area contributed by atoms with E-state index >= 15 is 0 Å². The summed E-state index contributed by atoms with van der Waals surface area (Å²) in [5.41, 5.74) is -3.38. The van der Waals surface area contributed by atoms with Crippen LogP contribution in [0.15, 0.2) is 39.8 Å². The summed E-state index contributed by atoms with van der Waals surface area (Å²) in [5.74, 6) is -2.64. The van der Waals surface area contributed by atoms with E-state index in [2.05, 4.69) is 4.98 Å². The third kappa shape index (κ3) is 5.91. The summed E-state index contributed by atoms with van der Waals surface area (Å²) in [4.78, 5) is 55.0. The van der Waals surface area contributed by atoms with Crippen LogP contribution in [0.3, 0.4) is 0 Å². The van der Waals surface area contributed by atoms with E-state index in [4.69, 9.17) is 32.8 Å². The Morgan fingerprint density at radius 1 is 1.11 bits per heavy atom. The molecule has 13 nitrogen and oxygen atoms in total. The lowest BCUT2D eigenvalue weighted by Crippen LogP contribution is -2.71. The SMILES string of the molecule is COCOCC(=O)O[C@H]1CC2C(C)(COC(C)=O)[C@@H](OC(C)=O)CC[C@]2(C)C2[C@@H](O)c3c(cc(-c4cccnc4)oc3=O)O[C@@]21C. The van der Waals surface area contributed by atoms with Crippen LogP contribution in [-0.4, -0.2) is 72.9 Å². The van der Waals surface area contributed by atoms with Gasteiger partial charge in [-0.2, -0.15) is 0 Å². The van der Waals surface area contributed by atoms with Gasteiger partial charge in [0.25, 0.3) is 0 Å². The summed E-state index contributed by atoms with van der Waals surface area (Å²) in [6.07, 6.45) is 1.16. The standard InChI is InChI=1S/C33H41NO12/c1-18(35)42-16-32(4)23-13-25(45-26(37)15-41-17-40-6)33(5)29(31(23,3)10-9-24(32)43-19(2)36)28(38)27-22(46-33)12-21(44-30(27)39)20-8-7-11-34-14-20/h7-8,11-12,14,23-25,28-29,38H,9-10,13,15-17H2,1-6H3/t23?,24-,25-,28-,29?,31-,32?,33+/m0/s1. The Morgan fingerprint density at radius 3 is 2.52 bits per heavy atom. The number of rotatable bonds is 9. The summed E-state index contributed by atoms with van der Waals surface area (Å²) in [5, 5.41) is 12.2. The molecule has 250 valence electrons. The highest BCUT2D eigenvalue weighted by Crippen LogP contribution is 2.67. The van der Waals surface area contributed by atoms with Crippen LogP contribution in [0.4, 0.5) is 0 Å². The predicted octanol–water partition coefficient (Wildman–Crippen LogP) is 3.36. The molecule has 2 saturated carbocycles. The number of hydrogen-bond donors (Lipinski definition) is 1. The van der Waals surface area contributed by atoms with Crippen molar-refractivity contribution in [3.8, 4) is 17.1 Å². The molecule has 3 heterocycles. The van der Waals surface area contributed by atoms with E-state index < -0.39 is 76.7 Å². The van der Waals surface area contributed by atoms with Crippen molar-refractivity contribution in [3.63, 3.8) is 0 Å². The molecule has 0 spiro atoms. The Hall–Kier alpha value is -3.81. The number of methoxy groups -OCH3 is 1. The lowest BCUT2D eigenvalue weighted by Gasteiger charge is -2.66. The molecular weight excluding hydrogens is 602 g/mol. The number of carbonyl (C=O) groups is 3. The molecular formula is C33H41NO12. The van der Waals surface area contributed by atoms with Gasteiger partial charge in [-0.05, 0) is 49.7 Å². The topological polar surface area (TPSA) is 170 Å². The highest BCUT2D eigenvalue weighted by atomic mass is 16.7. The minimum Gasteiger partial charge on any atom is -0.482 e. The number of nitrogens with zero attached hydrogens (tertiary/aromatic N) is 1. The maximum absolute atomic E-state index is 13.5. The molecule has 0 aromatic carbocycles. The molecule has 0 amide bonds. The molecule has 0 radical (unpaired) electrons. The summed E-state index contributed by atoms with van der Waals surface area (Å²) in [7, 11) is 1.43. The van der Waals surface area contributed by atoms with Crippen molar-refractivity contribution in [3.05, 3.63) is 46.6 Å². The number of aliphatic hydroxyl groups is 1. The minimum atomic E-state index is -1.39. The zero-order chi connectivity index (χ0) is 33.4. The van der Waals surface area contributed by atoms with Crippen LogP contribution in [0, 0.1) is 22.7 Å². The zero-order valence-corrected chi connectivity index (χ0v) is 26.9. The van der Waals surface area contributed by atoms with E-state index in [1.165, 1.54) is 33.2 Å². The van der Waals surface area contributed by atoms with Crippen LogP contribution in [0.25, 0.3) is 11.3 Å². The average Bonchev–Trinajstić information content (AvgIpc) is 2.99. The van der Waals surface area contributed by atoms with Crippen LogP contribution in [0.1, 0.15) is 65.5 Å². The first kappa shape index (κ1) is 33.6. The number of pyridine rings is 1. The Morgan fingerprint density at radius 2 is 1.87 bits per heavy atom. The summed E-state index contributed by atoms with van der Waals surface area (Å²) >= 11 is 0. The van der Waals surface area contributed by atoms with Crippen LogP contribution in [0.5, 0.6) is 5.75 Å². The zero-order valence-electron chi connectivity index (χ0n) is 26.9. The molecule has 46 heavy (non-hydrogen) atoms. The molecule has 2 aromatic rings. The maximum atomic E-state index is 13.5. The van der Waals surface area contributed by atoms with E-state index in [9.17, 15) is 24.3 Å². The molecule has 0 bridgehead atoms. The second kappa shape index (κ2) is 12.8. The van der Waals surface area contributed by atoms with Gasteiger partial charge in [-0.15, -0.1) is 0 Å². The molecule has 1 N–H and O–H groups in total. The molecule has 2 aromatic heterocycles. The first-order valence-corrected chi connectivity index (χ1v) is 15.3. The van der Waals surface area contributed by atoms with Crippen molar-refractivity contribution in [2.75, 3.05) is 27.1 Å². The van der Waals surface area contributed by atoms with Crippen LogP contribution in [0.2, 0.25) is 0 Å². The predicted molar refractivity (Wildman–Crippen MR) is 159 cm³/mol. The van der Waals surface area contributed by atoms with Gasteiger partial charge >= 0.3 is 23.5 Å². The van der Waals surface area contributed by atoms with Gasteiger partial charge in [-0.25, -0.2) is 9.59 Å². The molecule has 2 fully saturated rings. The molecule has 1 aliphatic heterocycles. The van der Waals surface area contributed by atoms with E-state index in [0.717, 1.165) is 0 Å². The van der Waals surface area contributed by atoms with Crippen molar-refractivity contribution >= 4 is 17.9 Å². The number of hydrogen-bond acceptors (Lipinski definition) is 13. The summed E-state index contributed by atoms with van der Waals surface area (Å²) < 4.78 is 39.9. The van der Waals surface area contributed by atoms with Gasteiger partial charge in [0.15, 0.2) is 0 Å². The largest absolute Gasteiger partial charge is 0.482 e. The minimum absolute atomic E-state index is 0.0470.